The summed E-state index contributed by atoms with van der Waals surface area (Å²) in [6.45, 7) is 0. The summed E-state index contributed by atoms with van der Waals surface area (Å²) in [4.78, 5) is 10.1. The molecule has 0 unspecified atom stereocenters. The summed E-state index contributed by atoms with van der Waals surface area (Å²) in [6, 6.07) is 0. The standard InChI is InChI=1S/C7H12O4S/c8-4-1-7(9)2-5-12(10,11)6-3-7/h4,9H,1-3,5-6H2. The Kier molecular flexibility index (Phi) is 2.53. The predicted octanol–water partition coefficient (Wildman–Crippen LogP) is -0.485. The minimum atomic E-state index is -2.95. The first-order valence-electron chi connectivity index (χ1n) is 3.84. The van der Waals surface area contributed by atoms with Crippen LogP contribution in [0.3, 0.4) is 0 Å². The van der Waals surface area contributed by atoms with Crippen molar-refractivity contribution in [1.82, 2.24) is 0 Å². The zero-order valence-electron chi connectivity index (χ0n) is 6.69. The van der Waals surface area contributed by atoms with Gasteiger partial charge in [-0.15, -0.1) is 0 Å². The van der Waals surface area contributed by atoms with Crippen molar-refractivity contribution in [3.63, 3.8) is 0 Å². The maximum Gasteiger partial charge on any atom is 0.150 e. The average molecular weight is 192 g/mol. The molecule has 0 spiro atoms. The van der Waals surface area contributed by atoms with Crippen molar-refractivity contribution in [1.29, 1.82) is 0 Å². The molecule has 1 aliphatic rings. The molecule has 70 valence electrons. The molecule has 5 heteroatoms. The van der Waals surface area contributed by atoms with Crippen LogP contribution in [0.4, 0.5) is 0 Å². The Morgan fingerprint density at radius 2 is 1.83 bits per heavy atom. The lowest BCUT2D eigenvalue weighted by atomic mass is 9.94. The molecule has 4 nitrogen and oxygen atoms in total. The van der Waals surface area contributed by atoms with Crippen LogP contribution in [0.5, 0.6) is 0 Å². The smallest absolute Gasteiger partial charge is 0.150 e. The first kappa shape index (κ1) is 9.67. The van der Waals surface area contributed by atoms with Crippen LogP contribution in [0.25, 0.3) is 0 Å². The van der Waals surface area contributed by atoms with Crippen LogP contribution in [0.2, 0.25) is 0 Å². The average Bonchev–Trinajstić information content (AvgIpc) is 1.98. The van der Waals surface area contributed by atoms with Crippen molar-refractivity contribution < 1.29 is 18.3 Å². The first-order valence-corrected chi connectivity index (χ1v) is 5.66. The van der Waals surface area contributed by atoms with Crippen molar-refractivity contribution >= 4 is 16.1 Å². The van der Waals surface area contributed by atoms with E-state index in [-0.39, 0.29) is 30.8 Å². The summed E-state index contributed by atoms with van der Waals surface area (Å²) in [6.07, 6.45) is 1.06. The number of hydrogen-bond acceptors (Lipinski definition) is 4. The van der Waals surface area contributed by atoms with Crippen LogP contribution < -0.4 is 0 Å². The quantitative estimate of drug-likeness (QED) is 0.599. The molecule has 0 radical (unpaired) electrons. The van der Waals surface area contributed by atoms with E-state index in [0.29, 0.717) is 6.29 Å². The third-order valence-corrected chi connectivity index (χ3v) is 3.87. The number of hydrogen-bond donors (Lipinski definition) is 1. The Morgan fingerprint density at radius 1 is 1.33 bits per heavy atom. The molecule has 1 saturated heterocycles. The molecule has 0 amide bonds. The van der Waals surface area contributed by atoms with Gasteiger partial charge in [-0.25, -0.2) is 8.42 Å². The van der Waals surface area contributed by atoms with Gasteiger partial charge in [-0.1, -0.05) is 0 Å². The zero-order chi connectivity index (χ0) is 9.24. The summed E-state index contributed by atoms with van der Waals surface area (Å²) in [5, 5.41) is 9.61. The van der Waals surface area contributed by atoms with Crippen molar-refractivity contribution in [3.05, 3.63) is 0 Å². The molecule has 12 heavy (non-hydrogen) atoms. The molecular formula is C7H12O4S. The highest BCUT2D eigenvalue weighted by atomic mass is 32.2. The maximum absolute atomic E-state index is 10.9. The van der Waals surface area contributed by atoms with Gasteiger partial charge in [0.25, 0.3) is 0 Å². The number of aliphatic hydroxyl groups is 1. The molecule has 0 aromatic heterocycles. The van der Waals surface area contributed by atoms with Crippen LogP contribution in [0, 0.1) is 0 Å². The minimum absolute atomic E-state index is 0.00264. The topological polar surface area (TPSA) is 71.4 Å². The van der Waals surface area contributed by atoms with Gasteiger partial charge in [-0.3, -0.25) is 0 Å². The van der Waals surface area contributed by atoms with Crippen molar-refractivity contribution in [2.24, 2.45) is 0 Å². The normalized spacial score (nSPS) is 26.4. The second kappa shape index (κ2) is 3.14. The molecule has 0 aromatic rings. The van der Waals surface area contributed by atoms with E-state index in [0.717, 1.165) is 0 Å². The van der Waals surface area contributed by atoms with E-state index in [1.165, 1.54) is 0 Å². The number of rotatable bonds is 2. The van der Waals surface area contributed by atoms with E-state index in [4.69, 9.17) is 0 Å². The fraction of sp³-hybridized carbons (Fsp3) is 0.857. The van der Waals surface area contributed by atoms with Crippen LogP contribution in [-0.2, 0) is 14.6 Å². The Hall–Kier alpha value is -0.420. The van der Waals surface area contributed by atoms with E-state index in [1.54, 1.807) is 0 Å². The summed E-state index contributed by atoms with van der Waals surface area (Å²) < 4.78 is 21.9. The molecule has 0 saturated carbocycles. The van der Waals surface area contributed by atoms with E-state index >= 15 is 0 Å². The van der Waals surface area contributed by atoms with Crippen LogP contribution in [-0.4, -0.2) is 36.9 Å². The van der Waals surface area contributed by atoms with E-state index in [1.807, 2.05) is 0 Å². The molecule has 0 aliphatic carbocycles. The second-order valence-corrected chi connectivity index (χ2v) is 5.55. The van der Waals surface area contributed by atoms with Gasteiger partial charge in [0.05, 0.1) is 17.1 Å². The van der Waals surface area contributed by atoms with Gasteiger partial charge in [0.15, 0.2) is 9.84 Å². The summed E-state index contributed by atoms with van der Waals surface area (Å²) in [7, 11) is -2.95. The highest BCUT2D eigenvalue weighted by Crippen LogP contribution is 2.25. The molecule has 0 atom stereocenters. The number of carbonyl (C=O) groups excluding carboxylic acids is 1. The lowest BCUT2D eigenvalue weighted by molar-refractivity contribution is -0.112. The fourth-order valence-electron chi connectivity index (χ4n) is 1.28. The van der Waals surface area contributed by atoms with Crippen LogP contribution in [0.1, 0.15) is 19.3 Å². The zero-order valence-corrected chi connectivity index (χ0v) is 7.51. The summed E-state index contributed by atoms with van der Waals surface area (Å²) >= 11 is 0. The van der Waals surface area contributed by atoms with Crippen molar-refractivity contribution in [3.8, 4) is 0 Å². The number of carbonyl (C=O) groups is 1. The van der Waals surface area contributed by atoms with E-state index in [9.17, 15) is 18.3 Å². The molecule has 1 fully saturated rings. The lowest BCUT2D eigenvalue weighted by Gasteiger charge is -2.29. The lowest BCUT2D eigenvalue weighted by Crippen LogP contribution is -2.39. The number of sulfone groups is 1. The largest absolute Gasteiger partial charge is 0.389 e. The van der Waals surface area contributed by atoms with Crippen LogP contribution >= 0.6 is 0 Å². The highest BCUT2D eigenvalue weighted by Gasteiger charge is 2.34. The van der Waals surface area contributed by atoms with Gasteiger partial charge in [0.2, 0.25) is 0 Å². The second-order valence-electron chi connectivity index (χ2n) is 3.25. The Bertz CT molecular complexity index is 253. The van der Waals surface area contributed by atoms with Gasteiger partial charge in [-0.2, -0.15) is 0 Å². The van der Waals surface area contributed by atoms with Gasteiger partial charge < -0.3 is 9.90 Å². The molecule has 1 heterocycles. The van der Waals surface area contributed by atoms with Gasteiger partial charge in [-0.05, 0) is 12.8 Å². The van der Waals surface area contributed by atoms with E-state index < -0.39 is 15.4 Å². The molecule has 1 aliphatic heterocycles. The highest BCUT2D eigenvalue weighted by molar-refractivity contribution is 7.91. The Labute approximate surface area is 71.5 Å². The van der Waals surface area contributed by atoms with E-state index in [2.05, 4.69) is 0 Å². The molecule has 0 bridgehead atoms. The van der Waals surface area contributed by atoms with Crippen molar-refractivity contribution in [2.45, 2.75) is 24.9 Å². The fourth-order valence-corrected chi connectivity index (χ4v) is 2.86. The molecule has 1 N–H and O–H groups in total. The molecule has 1 rings (SSSR count). The van der Waals surface area contributed by atoms with Gasteiger partial charge in [0.1, 0.15) is 6.29 Å². The van der Waals surface area contributed by atoms with Crippen molar-refractivity contribution in [2.75, 3.05) is 11.5 Å². The summed E-state index contributed by atoms with van der Waals surface area (Å²) in [5.74, 6) is -0.00528. The third-order valence-electron chi connectivity index (χ3n) is 2.22. The molecule has 0 aromatic carbocycles. The monoisotopic (exact) mass is 192 g/mol. The Morgan fingerprint density at radius 3 is 2.25 bits per heavy atom. The third kappa shape index (κ3) is 2.28. The minimum Gasteiger partial charge on any atom is -0.389 e. The predicted molar refractivity (Wildman–Crippen MR) is 43.5 cm³/mol. The van der Waals surface area contributed by atoms with Gasteiger partial charge in [0, 0.05) is 6.42 Å². The Balaban J connectivity index is 2.61. The first-order chi connectivity index (χ1) is 5.47. The summed E-state index contributed by atoms with van der Waals surface area (Å²) in [5.41, 5.74) is -1.06. The molecular weight excluding hydrogens is 180 g/mol. The van der Waals surface area contributed by atoms with Crippen LogP contribution in [0.15, 0.2) is 0 Å². The maximum atomic E-state index is 10.9. The number of aldehydes is 1. The SMILES string of the molecule is O=CCC1(O)CCS(=O)(=O)CC1. The van der Waals surface area contributed by atoms with Gasteiger partial charge >= 0.3 is 0 Å².